The fourth-order valence-corrected chi connectivity index (χ4v) is 3.42. The number of piperazine rings is 1. The zero-order valence-electron chi connectivity index (χ0n) is 16.3. The van der Waals surface area contributed by atoms with Gasteiger partial charge in [-0.2, -0.15) is 0 Å². The predicted octanol–water partition coefficient (Wildman–Crippen LogP) is 2.45. The number of guanidine groups is 1. The number of carbonyl (C=O) groups is 1. The summed E-state index contributed by atoms with van der Waals surface area (Å²) in [4.78, 5) is 20.1. The van der Waals surface area contributed by atoms with Crippen molar-refractivity contribution in [3.63, 3.8) is 0 Å². The number of furan rings is 1. The van der Waals surface area contributed by atoms with Crippen LogP contribution >= 0.6 is 11.6 Å². The summed E-state index contributed by atoms with van der Waals surface area (Å²) in [6.45, 7) is 6.56. The van der Waals surface area contributed by atoms with E-state index in [1.165, 1.54) is 6.07 Å². The third kappa shape index (κ3) is 5.48. The van der Waals surface area contributed by atoms with Crippen LogP contribution in [-0.4, -0.2) is 54.4 Å². The van der Waals surface area contributed by atoms with Crippen molar-refractivity contribution in [3.05, 3.63) is 58.3 Å². The summed E-state index contributed by atoms with van der Waals surface area (Å²) in [5.74, 6) is 0.595. The average Bonchev–Trinajstić information content (AvgIpc) is 3.18. The first-order chi connectivity index (χ1) is 14.0. The van der Waals surface area contributed by atoms with E-state index in [-0.39, 0.29) is 11.6 Å². The number of rotatable bonds is 6. The van der Waals surface area contributed by atoms with Crippen LogP contribution in [0.2, 0.25) is 5.02 Å². The van der Waals surface area contributed by atoms with Crippen LogP contribution in [0.4, 0.5) is 4.39 Å². The number of nitrogens with one attached hydrogen (secondary N) is 1. The smallest absolute Gasteiger partial charge is 0.284 e. The van der Waals surface area contributed by atoms with Gasteiger partial charge in [-0.25, -0.2) is 9.38 Å². The Hall–Kier alpha value is -2.58. The molecule has 0 atom stereocenters. The molecule has 29 heavy (non-hydrogen) atoms. The van der Waals surface area contributed by atoms with Gasteiger partial charge in [0.1, 0.15) is 18.1 Å². The molecule has 0 bridgehead atoms. The van der Waals surface area contributed by atoms with Gasteiger partial charge in [0, 0.05) is 49.9 Å². The third-order valence-corrected chi connectivity index (χ3v) is 5.09. The van der Waals surface area contributed by atoms with Gasteiger partial charge in [-0.05, 0) is 31.2 Å². The number of aliphatic imine (C=N–C) groups is 1. The van der Waals surface area contributed by atoms with E-state index < -0.39 is 5.91 Å². The molecule has 1 aromatic carbocycles. The SMILES string of the molecule is CCNC(=NCc1ccc(C(N)=O)o1)N1CCN(Cc2c(F)cccc2Cl)CC1. The lowest BCUT2D eigenvalue weighted by Crippen LogP contribution is -2.52. The van der Waals surface area contributed by atoms with Crippen LogP contribution in [0.1, 0.15) is 28.8 Å². The molecule has 2 heterocycles. The molecule has 1 amide bonds. The largest absolute Gasteiger partial charge is 0.454 e. The van der Waals surface area contributed by atoms with Crippen LogP contribution in [-0.2, 0) is 13.1 Å². The lowest BCUT2D eigenvalue weighted by Gasteiger charge is -2.36. The topological polar surface area (TPSA) is 87.1 Å². The number of amides is 1. The number of carbonyl (C=O) groups excluding carboxylic acids is 1. The Bertz CT molecular complexity index is 857. The van der Waals surface area contributed by atoms with Gasteiger partial charge in [-0.3, -0.25) is 9.69 Å². The minimum absolute atomic E-state index is 0.126. The molecule has 0 spiro atoms. The van der Waals surface area contributed by atoms with Crippen LogP contribution in [0.15, 0.2) is 39.7 Å². The molecule has 9 heteroatoms. The lowest BCUT2D eigenvalue weighted by molar-refractivity contribution is 0.0972. The van der Waals surface area contributed by atoms with E-state index in [1.807, 2.05) is 6.92 Å². The Morgan fingerprint density at radius 3 is 2.66 bits per heavy atom. The summed E-state index contributed by atoms with van der Waals surface area (Å²) in [6.07, 6.45) is 0. The molecule has 3 rings (SSSR count). The Balaban J connectivity index is 1.59. The first kappa shape index (κ1) is 21.1. The maximum Gasteiger partial charge on any atom is 0.284 e. The Labute approximate surface area is 174 Å². The molecule has 156 valence electrons. The van der Waals surface area contributed by atoms with Gasteiger partial charge in [0.05, 0.1) is 0 Å². The van der Waals surface area contributed by atoms with E-state index in [0.29, 0.717) is 29.4 Å². The highest BCUT2D eigenvalue weighted by atomic mass is 35.5. The zero-order chi connectivity index (χ0) is 20.8. The van der Waals surface area contributed by atoms with E-state index in [4.69, 9.17) is 21.8 Å². The summed E-state index contributed by atoms with van der Waals surface area (Å²) in [6, 6.07) is 8.01. The van der Waals surface area contributed by atoms with Crippen LogP contribution in [0.5, 0.6) is 0 Å². The molecule has 0 unspecified atom stereocenters. The molecule has 0 aliphatic carbocycles. The number of hydrogen-bond acceptors (Lipinski definition) is 4. The monoisotopic (exact) mass is 421 g/mol. The highest BCUT2D eigenvalue weighted by molar-refractivity contribution is 6.31. The number of benzene rings is 1. The van der Waals surface area contributed by atoms with Gasteiger partial charge in [0.2, 0.25) is 0 Å². The van der Waals surface area contributed by atoms with E-state index in [9.17, 15) is 9.18 Å². The molecule has 2 aromatic rings. The van der Waals surface area contributed by atoms with Gasteiger partial charge >= 0.3 is 0 Å². The number of halogens is 2. The lowest BCUT2D eigenvalue weighted by atomic mass is 10.2. The number of hydrogen-bond donors (Lipinski definition) is 2. The molecule has 1 saturated heterocycles. The third-order valence-electron chi connectivity index (χ3n) is 4.74. The Morgan fingerprint density at radius 2 is 2.03 bits per heavy atom. The normalized spacial score (nSPS) is 15.6. The second-order valence-corrected chi connectivity index (χ2v) is 7.17. The van der Waals surface area contributed by atoms with Crippen molar-refractivity contribution >= 4 is 23.5 Å². The molecule has 7 nitrogen and oxygen atoms in total. The first-order valence-electron chi connectivity index (χ1n) is 9.55. The van der Waals surface area contributed by atoms with Crippen LogP contribution < -0.4 is 11.1 Å². The minimum Gasteiger partial charge on any atom is -0.454 e. The molecule has 1 aromatic heterocycles. The van der Waals surface area contributed by atoms with Crippen molar-refractivity contribution in [2.24, 2.45) is 10.7 Å². The first-order valence-corrected chi connectivity index (χ1v) is 9.92. The minimum atomic E-state index is -0.599. The molecular weight excluding hydrogens is 397 g/mol. The summed E-state index contributed by atoms with van der Waals surface area (Å²) < 4.78 is 19.4. The summed E-state index contributed by atoms with van der Waals surface area (Å²) in [7, 11) is 0. The van der Waals surface area contributed by atoms with Gasteiger partial charge in [0.15, 0.2) is 11.7 Å². The Kier molecular flexibility index (Phi) is 7.11. The molecule has 1 aliphatic heterocycles. The summed E-state index contributed by atoms with van der Waals surface area (Å²) in [5.41, 5.74) is 5.74. The molecular formula is C20H25ClFN5O2. The maximum absolute atomic E-state index is 14.0. The highest BCUT2D eigenvalue weighted by Crippen LogP contribution is 2.21. The quantitative estimate of drug-likeness (QED) is 0.552. The highest BCUT2D eigenvalue weighted by Gasteiger charge is 2.21. The fourth-order valence-electron chi connectivity index (χ4n) is 3.20. The molecule has 1 fully saturated rings. The number of nitrogens with two attached hydrogens (primary N) is 1. The summed E-state index contributed by atoms with van der Waals surface area (Å²) >= 11 is 6.15. The molecule has 0 saturated carbocycles. The molecule has 3 N–H and O–H groups in total. The molecule has 0 radical (unpaired) electrons. The van der Waals surface area contributed by atoms with Gasteiger partial charge in [-0.1, -0.05) is 17.7 Å². The Morgan fingerprint density at radius 1 is 1.28 bits per heavy atom. The van der Waals surface area contributed by atoms with Crippen molar-refractivity contribution < 1.29 is 13.6 Å². The van der Waals surface area contributed by atoms with E-state index in [1.54, 1.807) is 24.3 Å². The van der Waals surface area contributed by atoms with E-state index in [2.05, 4.69) is 20.1 Å². The van der Waals surface area contributed by atoms with E-state index >= 15 is 0 Å². The number of nitrogens with zero attached hydrogens (tertiary/aromatic N) is 3. The van der Waals surface area contributed by atoms with Crippen LogP contribution in [0, 0.1) is 5.82 Å². The van der Waals surface area contributed by atoms with Crippen molar-refractivity contribution in [2.45, 2.75) is 20.0 Å². The van der Waals surface area contributed by atoms with E-state index in [0.717, 1.165) is 38.7 Å². The van der Waals surface area contributed by atoms with Crippen molar-refractivity contribution in [3.8, 4) is 0 Å². The van der Waals surface area contributed by atoms with Crippen LogP contribution in [0.25, 0.3) is 0 Å². The van der Waals surface area contributed by atoms with Gasteiger partial charge < -0.3 is 20.4 Å². The summed E-state index contributed by atoms with van der Waals surface area (Å²) in [5, 5.41) is 3.73. The molecule has 1 aliphatic rings. The van der Waals surface area contributed by atoms with Crippen molar-refractivity contribution in [1.29, 1.82) is 0 Å². The van der Waals surface area contributed by atoms with Gasteiger partial charge in [-0.15, -0.1) is 0 Å². The predicted molar refractivity (Wildman–Crippen MR) is 110 cm³/mol. The van der Waals surface area contributed by atoms with Crippen molar-refractivity contribution in [2.75, 3.05) is 32.7 Å². The average molecular weight is 422 g/mol. The second kappa shape index (κ2) is 9.76. The van der Waals surface area contributed by atoms with Crippen molar-refractivity contribution in [1.82, 2.24) is 15.1 Å². The van der Waals surface area contributed by atoms with Crippen LogP contribution in [0.3, 0.4) is 0 Å². The number of primary amides is 1. The standard InChI is InChI=1S/C20H25ClFN5O2/c1-2-24-20(25-12-14-6-7-18(29-14)19(23)28)27-10-8-26(9-11-27)13-15-16(21)4-3-5-17(15)22/h3-7H,2,8-13H2,1H3,(H2,23,28)(H,24,25). The second-order valence-electron chi connectivity index (χ2n) is 6.76. The maximum atomic E-state index is 14.0. The fraction of sp³-hybridized carbons (Fsp3) is 0.400. The van der Waals surface area contributed by atoms with Gasteiger partial charge in [0.25, 0.3) is 5.91 Å². The zero-order valence-corrected chi connectivity index (χ0v) is 17.1.